The third-order valence-corrected chi connectivity index (χ3v) is 6.11. The number of carbonyl (C=O) groups is 1. The third-order valence-electron chi connectivity index (χ3n) is 5.09. The van der Waals surface area contributed by atoms with Gasteiger partial charge in [0.25, 0.3) is 5.91 Å². The minimum Gasteiger partial charge on any atom is -0.494 e. The van der Waals surface area contributed by atoms with Gasteiger partial charge in [0.2, 0.25) is 0 Å². The summed E-state index contributed by atoms with van der Waals surface area (Å²) < 4.78 is 0. The van der Waals surface area contributed by atoms with Gasteiger partial charge in [-0.25, -0.2) is 4.99 Å². The lowest BCUT2D eigenvalue weighted by Gasteiger charge is -2.04. The Hall–Kier alpha value is -3.57. The van der Waals surface area contributed by atoms with E-state index < -0.39 is 0 Å². The first kappa shape index (κ1) is 18.5. The molecular formula is C25H18N2O2S. The number of fused-ring (bicyclic) bond motifs is 1. The van der Waals surface area contributed by atoms with Gasteiger partial charge >= 0.3 is 0 Å². The molecular weight excluding hydrogens is 392 g/mol. The van der Waals surface area contributed by atoms with Crippen LogP contribution in [0, 0.1) is 6.92 Å². The van der Waals surface area contributed by atoms with Gasteiger partial charge in [0.15, 0.2) is 5.88 Å². The van der Waals surface area contributed by atoms with Crippen molar-refractivity contribution >= 4 is 23.4 Å². The number of aromatic nitrogens is 1. The summed E-state index contributed by atoms with van der Waals surface area (Å²) in [6.45, 7) is 2.00. The van der Waals surface area contributed by atoms with E-state index in [2.05, 4.69) is 22.1 Å². The molecule has 0 bridgehead atoms. The fourth-order valence-corrected chi connectivity index (χ4v) is 4.43. The van der Waals surface area contributed by atoms with Crippen LogP contribution in [0.4, 0.5) is 0 Å². The van der Waals surface area contributed by atoms with Gasteiger partial charge in [0, 0.05) is 15.4 Å². The standard InChI is InChI=1S/C25H18N2O2S/c1-15-7-9-16(10-8-15)22-20-21(25(29)26-22)23(27-24(20)28)17-11-13-19(14-12-17)30-18-5-3-2-4-6-18/h2-14,27-28H,1H3. The van der Waals surface area contributed by atoms with E-state index >= 15 is 0 Å². The molecule has 0 aliphatic carbocycles. The fourth-order valence-electron chi connectivity index (χ4n) is 3.60. The van der Waals surface area contributed by atoms with Gasteiger partial charge < -0.3 is 10.1 Å². The predicted octanol–water partition coefficient (Wildman–Crippen LogP) is 5.84. The highest BCUT2D eigenvalue weighted by Crippen LogP contribution is 2.38. The average Bonchev–Trinajstić information content (AvgIpc) is 3.28. The highest BCUT2D eigenvalue weighted by Gasteiger charge is 2.33. The van der Waals surface area contributed by atoms with Crippen LogP contribution >= 0.6 is 11.8 Å². The molecule has 0 spiro atoms. The first-order valence-electron chi connectivity index (χ1n) is 9.59. The van der Waals surface area contributed by atoms with Crippen molar-refractivity contribution in [2.45, 2.75) is 16.7 Å². The third kappa shape index (κ3) is 3.23. The van der Waals surface area contributed by atoms with Crippen molar-refractivity contribution < 1.29 is 9.90 Å². The van der Waals surface area contributed by atoms with E-state index in [0.717, 1.165) is 26.5 Å². The number of benzene rings is 3. The summed E-state index contributed by atoms with van der Waals surface area (Å²) in [5.41, 5.74) is 4.76. The Labute approximate surface area is 178 Å². The molecule has 0 saturated carbocycles. The monoisotopic (exact) mass is 410 g/mol. The van der Waals surface area contributed by atoms with E-state index in [1.807, 2.05) is 73.7 Å². The van der Waals surface area contributed by atoms with Crippen LogP contribution in [-0.2, 0) is 0 Å². The smallest absolute Gasteiger partial charge is 0.280 e. The van der Waals surface area contributed by atoms with Crippen molar-refractivity contribution in [1.29, 1.82) is 0 Å². The predicted molar refractivity (Wildman–Crippen MR) is 120 cm³/mol. The minimum atomic E-state index is -0.338. The van der Waals surface area contributed by atoms with E-state index in [4.69, 9.17) is 0 Å². The van der Waals surface area contributed by atoms with Crippen LogP contribution in [0.3, 0.4) is 0 Å². The Kier molecular flexibility index (Phi) is 4.52. The Balaban J connectivity index is 1.49. The number of carbonyl (C=O) groups excluding carboxylic acids is 1. The summed E-state index contributed by atoms with van der Waals surface area (Å²) in [7, 11) is 0. The van der Waals surface area contributed by atoms with E-state index in [0.29, 0.717) is 22.5 Å². The second-order valence-corrected chi connectivity index (χ2v) is 8.32. The lowest BCUT2D eigenvalue weighted by Crippen LogP contribution is -1.99. The maximum absolute atomic E-state index is 12.7. The zero-order valence-corrected chi connectivity index (χ0v) is 17.0. The zero-order valence-electron chi connectivity index (χ0n) is 16.2. The molecule has 0 fully saturated rings. The summed E-state index contributed by atoms with van der Waals surface area (Å²) in [6.07, 6.45) is 0. The number of hydrogen-bond donors (Lipinski definition) is 2. The van der Waals surface area contributed by atoms with Gasteiger partial charge in [-0.1, -0.05) is 71.9 Å². The molecule has 1 amide bonds. The van der Waals surface area contributed by atoms with Gasteiger partial charge in [-0.3, -0.25) is 4.79 Å². The van der Waals surface area contributed by atoms with Crippen molar-refractivity contribution in [3.63, 3.8) is 0 Å². The maximum atomic E-state index is 12.7. The number of aromatic hydroxyl groups is 1. The molecule has 0 saturated heterocycles. The summed E-state index contributed by atoms with van der Waals surface area (Å²) in [6, 6.07) is 25.8. The quantitative estimate of drug-likeness (QED) is 0.444. The number of nitrogens with zero attached hydrogens (tertiary/aromatic N) is 1. The van der Waals surface area contributed by atoms with Gasteiger partial charge in [0.05, 0.1) is 22.5 Å². The minimum absolute atomic E-state index is 0.0343. The van der Waals surface area contributed by atoms with Gasteiger partial charge in [0.1, 0.15) is 0 Å². The van der Waals surface area contributed by atoms with Crippen molar-refractivity contribution in [2.24, 2.45) is 4.99 Å². The highest BCUT2D eigenvalue weighted by molar-refractivity contribution is 7.99. The van der Waals surface area contributed by atoms with Crippen molar-refractivity contribution in [3.05, 3.63) is 101 Å². The van der Waals surface area contributed by atoms with Crippen LogP contribution < -0.4 is 0 Å². The topological polar surface area (TPSA) is 65.5 Å². The Morgan fingerprint density at radius 3 is 2.13 bits per heavy atom. The van der Waals surface area contributed by atoms with E-state index in [1.54, 1.807) is 11.8 Å². The number of rotatable bonds is 4. The first-order chi connectivity index (χ1) is 14.6. The normalized spacial score (nSPS) is 12.7. The Morgan fingerprint density at radius 2 is 1.43 bits per heavy atom. The number of nitrogens with one attached hydrogen (secondary N) is 1. The number of amides is 1. The molecule has 2 heterocycles. The molecule has 1 aliphatic heterocycles. The van der Waals surface area contributed by atoms with E-state index in [9.17, 15) is 9.90 Å². The molecule has 146 valence electrons. The first-order valence-corrected chi connectivity index (χ1v) is 10.4. The number of H-pyrrole nitrogens is 1. The van der Waals surface area contributed by atoms with E-state index in [1.165, 1.54) is 0 Å². The summed E-state index contributed by atoms with van der Waals surface area (Å²) in [4.78, 5) is 22.2. The molecule has 1 aliphatic rings. The zero-order chi connectivity index (χ0) is 20.7. The van der Waals surface area contributed by atoms with Crippen molar-refractivity contribution in [3.8, 4) is 17.1 Å². The molecule has 4 nitrogen and oxygen atoms in total. The Morgan fingerprint density at radius 1 is 0.800 bits per heavy atom. The molecule has 4 aromatic rings. The van der Waals surface area contributed by atoms with Gasteiger partial charge in [-0.15, -0.1) is 0 Å². The van der Waals surface area contributed by atoms with Crippen LogP contribution in [-0.4, -0.2) is 21.7 Å². The molecule has 3 aromatic carbocycles. The van der Waals surface area contributed by atoms with E-state index in [-0.39, 0.29) is 11.8 Å². The second-order valence-electron chi connectivity index (χ2n) is 7.17. The van der Waals surface area contributed by atoms with Gasteiger partial charge in [-0.2, -0.15) is 0 Å². The number of aromatic amines is 1. The van der Waals surface area contributed by atoms with Crippen LogP contribution in [0.1, 0.15) is 27.0 Å². The molecule has 5 heteroatoms. The molecule has 0 radical (unpaired) electrons. The van der Waals surface area contributed by atoms with Crippen LogP contribution in [0.2, 0.25) is 0 Å². The number of hydrogen-bond acceptors (Lipinski definition) is 3. The number of aliphatic imine (C=N–C) groups is 1. The Bertz CT molecular complexity index is 1270. The van der Waals surface area contributed by atoms with Crippen molar-refractivity contribution in [1.82, 2.24) is 4.98 Å². The summed E-state index contributed by atoms with van der Waals surface area (Å²) in [5.74, 6) is -0.372. The average molecular weight is 410 g/mol. The van der Waals surface area contributed by atoms with Crippen LogP contribution in [0.25, 0.3) is 11.3 Å². The SMILES string of the molecule is Cc1ccc(C2=NC(=O)c3c(-c4ccc(Sc5ccccc5)cc4)[nH]c(O)c32)cc1. The van der Waals surface area contributed by atoms with Crippen LogP contribution in [0.5, 0.6) is 5.88 Å². The molecule has 0 unspecified atom stereocenters. The molecule has 0 atom stereocenters. The molecule has 30 heavy (non-hydrogen) atoms. The summed E-state index contributed by atoms with van der Waals surface area (Å²) in [5, 5.41) is 10.6. The highest BCUT2D eigenvalue weighted by atomic mass is 32.2. The fraction of sp³-hybridized carbons (Fsp3) is 0.0400. The number of aryl methyl sites for hydroxylation is 1. The molecule has 2 N–H and O–H groups in total. The van der Waals surface area contributed by atoms with Crippen LogP contribution in [0.15, 0.2) is 93.6 Å². The molecule has 1 aromatic heterocycles. The lowest BCUT2D eigenvalue weighted by molar-refractivity contribution is 0.101. The molecule has 5 rings (SSSR count). The summed E-state index contributed by atoms with van der Waals surface area (Å²) >= 11 is 1.67. The second kappa shape index (κ2) is 7.35. The lowest BCUT2D eigenvalue weighted by atomic mass is 9.99. The van der Waals surface area contributed by atoms with Crippen molar-refractivity contribution in [2.75, 3.05) is 0 Å². The van der Waals surface area contributed by atoms with Gasteiger partial charge in [-0.05, 0) is 36.8 Å². The maximum Gasteiger partial charge on any atom is 0.280 e. The largest absolute Gasteiger partial charge is 0.494 e.